The summed E-state index contributed by atoms with van der Waals surface area (Å²) in [5.74, 6) is 2.39. The molecule has 2 aliphatic rings. The molecule has 1 saturated carbocycles. The molecule has 39 heavy (non-hydrogen) atoms. The van der Waals surface area contributed by atoms with Gasteiger partial charge in [-0.2, -0.15) is 0 Å². The summed E-state index contributed by atoms with van der Waals surface area (Å²) in [5.41, 5.74) is 2.98. The van der Waals surface area contributed by atoms with E-state index in [1.54, 1.807) is 7.05 Å². The van der Waals surface area contributed by atoms with Gasteiger partial charge in [-0.25, -0.2) is 14.4 Å². The van der Waals surface area contributed by atoms with Gasteiger partial charge < -0.3 is 9.80 Å². The minimum atomic E-state index is -0.508. The van der Waals surface area contributed by atoms with Gasteiger partial charge >= 0.3 is 0 Å². The lowest BCUT2D eigenvalue weighted by Crippen LogP contribution is -2.36. The van der Waals surface area contributed by atoms with E-state index < -0.39 is 5.82 Å². The zero-order valence-electron chi connectivity index (χ0n) is 21.7. The summed E-state index contributed by atoms with van der Waals surface area (Å²) >= 11 is 0. The van der Waals surface area contributed by atoms with Crippen LogP contribution in [0.3, 0.4) is 0 Å². The van der Waals surface area contributed by atoms with E-state index >= 15 is 0 Å². The fraction of sp³-hybridized carbons (Fsp3) is 0.286. The van der Waals surface area contributed by atoms with Gasteiger partial charge in [0.15, 0.2) is 11.6 Å². The van der Waals surface area contributed by atoms with Crippen molar-refractivity contribution in [2.75, 3.05) is 29.9 Å². The molecule has 5 heterocycles. The maximum atomic E-state index is 14.4. The zero-order chi connectivity index (χ0) is 26.8. The normalized spacial score (nSPS) is 19.9. The van der Waals surface area contributed by atoms with Gasteiger partial charge in [0.05, 0.1) is 17.6 Å². The number of hydrogen-bond acceptors (Lipinski definition) is 8. The van der Waals surface area contributed by atoms with Crippen molar-refractivity contribution in [3.05, 3.63) is 83.1 Å². The van der Waals surface area contributed by atoms with Crippen molar-refractivity contribution in [1.82, 2.24) is 34.1 Å². The molecule has 10 nitrogen and oxygen atoms in total. The molecule has 5 aromatic rings. The quantitative estimate of drug-likeness (QED) is 0.347. The van der Waals surface area contributed by atoms with E-state index in [9.17, 15) is 9.18 Å². The number of halogens is 1. The summed E-state index contributed by atoms with van der Waals surface area (Å²) in [5, 5.41) is 8.72. The predicted molar refractivity (Wildman–Crippen MR) is 145 cm³/mol. The molecule has 0 bridgehead atoms. The summed E-state index contributed by atoms with van der Waals surface area (Å²) in [4.78, 5) is 30.6. The molecular formula is C28H26FN9O. The lowest BCUT2D eigenvalue weighted by atomic mass is 10.1. The van der Waals surface area contributed by atoms with Gasteiger partial charge in [0.2, 0.25) is 11.6 Å². The van der Waals surface area contributed by atoms with Crippen LogP contribution in [0.15, 0.2) is 65.8 Å². The number of anilines is 2. The van der Waals surface area contributed by atoms with E-state index in [0.29, 0.717) is 23.5 Å². The first-order chi connectivity index (χ1) is 18.9. The minimum Gasteiger partial charge on any atom is -0.353 e. The van der Waals surface area contributed by atoms with E-state index in [2.05, 4.69) is 25.0 Å². The Bertz CT molecular complexity index is 1770. The van der Waals surface area contributed by atoms with Crippen LogP contribution in [0, 0.1) is 24.6 Å². The highest BCUT2D eigenvalue weighted by Crippen LogP contribution is 2.50. The Morgan fingerprint density at radius 1 is 1.03 bits per heavy atom. The fourth-order valence-electron chi connectivity index (χ4n) is 5.89. The number of hydrogen-bond donors (Lipinski definition) is 0. The monoisotopic (exact) mass is 523 g/mol. The average molecular weight is 524 g/mol. The van der Waals surface area contributed by atoms with Gasteiger partial charge in [0.1, 0.15) is 5.82 Å². The molecule has 2 fully saturated rings. The molecule has 1 saturated heterocycles. The Morgan fingerprint density at radius 2 is 1.79 bits per heavy atom. The van der Waals surface area contributed by atoms with Gasteiger partial charge in [-0.1, -0.05) is 30.3 Å². The van der Waals surface area contributed by atoms with Crippen molar-refractivity contribution in [2.45, 2.75) is 13.0 Å². The first-order valence-electron chi connectivity index (χ1n) is 12.8. The number of benzene rings is 1. The van der Waals surface area contributed by atoms with Crippen LogP contribution in [0.25, 0.3) is 28.2 Å². The minimum absolute atomic E-state index is 0.213. The molecule has 0 unspecified atom stereocenters. The standard InChI is InChI=1S/C28H26FN9O/c1-16-33-34-27-26(31-23(15-38(16)27)17-7-5-4-6-8-17)37-13-19-20(14-37)25(19)36(3)28-32-22(11-24(39)35(28)2)18-9-10-30-12-21(18)29/h4-12,15,19-20,25H,13-14H2,1-3H3/t19-,20+,25-. The van der Waals surface area contributed by atoms with Gasteiger partial charge in [-0.15, -0.1) is 10.2 Å². The lowest BCUT2D eigenvalue weighted by Gasteiger charge is -2.27. The number of piperidine rings is 1. The second-order valence-electron chi connectivity index (χ2n) is 10.3. The summed E-state index contributed by atoms with van der Waals surface area (Å²) < 4.78 is 17.9. The van der Waals surface area contributed by atoms with Gasteiger partial charge in [-0.3, -0.25) is 18.7 Å². The molecule has 3 atom stereocenters. The Labute approximate surface area is 223 Å². The number of aromatic nitrogens is 7. The smallest absolute Gasteiger partial charge is 0.255 e. The largest absolute Gasteiger partial charge is 0.353 e. The molecule has 0 spiro atoms. The zero-order valence-corrected chi connectivity index (χ0v) is 21.7. The second-order valence-corrected chi connectivity index (χ2v) is 10.3. The topological polar surface area (TPSA) is 97.3 Å². The third-order valence-electron chi connectivity index (χ3n) is 7.98. The number of aryl methyl sites for hydroxylation is 1. The van der Waals surface area contributed by atoms with Gasteiger partial charge in [-0.05, 0) is 13.0 Å². The Morgan fingerprint density at radius 3 is 2.54 bits per heavy atom. The van der Waals surface area contributed by atoms with Crippen LogP contribution >= 0.6 is 0 Å². The lowest BCUT2D eigenvalue weighted by molar-refractivity contribution is 0.623. The van der Waals surface area contributed by atoms with Crippen LogP contribution in [0.5, 0.6) is 0 Å². The van der Waals surface area contributed by atoms with Crippen molar-refractivity contribution in [3.63, 3.8) is 0 Å². The number of nitrogens with zero attached hydrogens (tertiary/aromatic N) is 9. The Kier molecular flexibility index (Phi) is 5.22. The highest BCUT2D eigenvalue weighted by atomic mass is 19.1. The van der Waals surface area contributed by atoms with Crippen LogP contribution in [0.4, 0.5) is 16.2 Å². The molecule has 0 amide bonds. The van der Waals surface area contributed by atoms with Crippen LogP contribution in [0.1, 0.15) is 5.82 Å². The number of fused-ring (bicyclic) bond motifs is 2. The van der Waals surface area contributed by atoms with Crippen molar-refractivity contribution >= 4 is 17.4 Å². The first kappa shape index (κ1) is 23.4. The molecule has 1 aromatic carbocycles. The molecule has 0 radical (unpaired) electrons. The molecule has 7 rings (SSSR count). The van der Waals surface area contributed by atoms with Crippen LogP contribution < -0.4 is 15.4 Å². The summed E-state index contributed by atoms with van der Waals surface area (Å²) in [7, 11) is 3.65. The molecule has 1 aliphatic carbocycles. The fourth-order valence-corrected chi connectivity index (χ4v) is 5.89. The second kappa shape index (κ2) is 8.69. The molecule has 1 aliphatic heterocycles. The first-order valence-corrected chi connectivity index (χ1v) is 12.8. The summed E-state index contributed by atoms with van der Waals surface area (Å²) in [6.07, 6.45) is 4.61. The molecule has 0 N–H and O–H groups in total. The van der Waals surface area contributed by atoms with Gasteiger partial charge in [0, 0.05) is 74.6 Å². The van der Waals surface area contributed by atoms with E-state index in [-0.39, 0.29) is 17.2 Å². The van der Waals surface area contributed by atoms with Crippen LogP contribution in [0.2, 0.25) is 0 Å². The van der Waals surface area contributed by atoms with Crippen molar-refractivity contribution < 1.29 is 4.39 Å². The highest BCUT2D eigenvalue weighted by molar-refractivity contribution is 5.71. The van der Waals surface area contributed by atoms with E-state index in [1.807, 2.05) is 54.9 Å². The number of rotatable bonds is 5. The van der Waals surface area contributed by atoms with Gasteiger partial charge in [0.25, 0.3) is 5.56 Å². The van der Waals surface area contributed by atoms with Crippen molar-refractivity contribution in [3.8, 4) is 22.5 Å². The third kappa shape index (κ3) is 3.76. The number of pyridine rings is 1. The van der Waals surface area contributed by atoms with E-state index in [4.69, 9.17) is 9.97 Å². The summed E-state index contributed by atoms with van der Waals surface area (Å²) in [6, 6.07) is 13.2. The molecular weight excluding hydrogens is 497 g/mol. The summed E-state index contributed by atoms with van der Waals surface area (Å²) in [6.45, 7) is 3.55. The maximum absolute atomic E-state index is 14.4. The average Bonchev–Trinajstić information content (AvgIpc) is 3.24. The van der Waals surface area contributed by atoms with Crippen LogP contribution in [-0.4, -0.2) is 60.3 Å². The van der Waals surface area contributed by atoms with E-state index in [0.717, 1.165) is 47.8 Å². The Balaban J connectivity index is 1.17. The molecule has 11 heteroatoms. The van der Waals surface area contributed by atoms with Crippen LogP contribution in [-0.2, 0) is 7.05 Å². The molecule has 4 aromatic heterocycles. The SMILES string of the molecule is Cc1nnc2c(N3C[C@@H]4[C@H](C3)[C@@H]4N(C)c3nc(-c4ccncc4F)cc(=O)n3C)nc(-c3ccccc3)cn12. The predicted octanol–water partition coefficient (Wildman–Crippen LogP) is 2.97. The third-order valence-corrected chi connectivity index (χ3v) is 7.98. The highest BCUT2D eigenvalue weighted by Gasteiger charge is 2.59. The van der Waals surface area contributed by atoms with Crippen molar-refractivity contribution in [2.24, 2.45) is 18.9 Å². The van der Waals surface area contributed by atoms with Crippen molar-refractivity contribution in [1.29, 1.82) is 0 Å². The van der Waals surface area contributed by atoms with E-state index in [1.165, 1.54) is 22.9 Å². The maximum Gasteiger partial charge on any atom is 0.255 e. The molecule has 196 valence electrons. The Hall–Kier alpha value is -4.67.